The molecule has 0 bridgehead atoms. The Kier molecular flexibility index (Phi) is 4.40. The van der Waals surface area contributed by atoms with Crippen molar-refractivity contribution in [1.29, 1.82) is 0 Å². The average Bonchev–Trinajstić information content (AvgIpc) is 2.34. The number of nitrogens with zero attached hydrogens (tertiary/aromatic N) is 2. The van der Waals surface area contributed by atoms with E-state index in [1.807, 2.05) is 12.1 Å². The van der Waals surface area contributed by atoms with Crippen LogP contribution in [0.25, 0.3) is 0 Å². The van der Waals surface area contributed by atoms with Gasteiger partial charge in [0.1, 0.15) is 10.3 Å². The molecule has 0 aromatic carbocycles. The summed E-state index contributed by atoms with van der Waals surface area (Å²) in [7, 11) is 0. The molecular weight excluding hydrogens is 257 g/mol. The summed E-state index contributed by atoms with van der Waals surface area (Å²) >= 11 is 11.9. The van der Waals surface area contributed by atoms with Crippen LogP contribution in [-0.2, 0) is 0 Å². The lowest BCUT2D eigenvalue weighted by Crippen LogP contribution is -2.44. The van der Waals surface area contributed by atoms with Crippen LogP contribution in [0.15, 0.2) is 24.8 Å². The van der Waals surface area contributed by atoms with Gasteiger partial charge in [0.15, 0.2) is 0 Å². The molecule has 2 rings (SSSR count). The molecule has 1 aromatic heterocycles. The molecular formula is C12H15Cl2N3. The summed E-state index contributed by atoms with van der Waals surface area (Å²) in [4.78, 5) is 6.41. The Labute approximate surface area is 111 Å². The largest absolute Gasteiger partial charge is 0.314 e. The zero-order valence-corrected chi connectivity index (χ0v) is 11.0. The molecule has 1 aromatic rings. The van der Waals surface area contributed by atoms with Crippen LogP contribution in [0.3, 0.4) is 0 Å². The van der Waals surface area contributed by atoms with Gasteiger partial charge in [-0.15, -0.1) is 6.58 Å². The molecule has 1 N–H and O–H groups in total. The van der Waals surface area contributed by atoms with E-state index in [2.05, 4.69) is 21.8 Å². The average molecular weight is 272 g/mol. The lowest BCUT2D eigenvalue weighted by Gasteiger charge is -2.33. The highest BCUT2D eigenvalue weighted by molar-refractivity contribution is 6.32. The molecule has 0 spiro atoms. The summed E-state index contributed by atoms with van der Waals surface area (Å²) in [5, 5.41) is 4.20. The first-order valence-corrected chi connectivity index (χ1v) is 6.37. The number of rotatable bonds is 3. The Morgan fingerprint density at radius 1 is 1.35 bits per heavy atom. The van der Waals surface area contributed by atoms with Gasteiger partial charge in [-0.1, -0.05) is 35.3 Å². The van der Waals surface area contributed by atoms with Gasteiger partial charge in [-0.05, 0) is 6.07 Å². The van der Waals surface area contributed by atoms with Crippen molar-refractivity contribution in [1.82, 2.24) is 15.2 Å². The number of hydrogen-bond donors (Lipinski definition) is 1. The summed E-state index contributed by atoms with van der Waals surface area (Å²) in [5.74, 6) is 0. The lowest BCUT2D eigenvalue weighted by atomic mass is 10.1. The predicted molar refractivity (Wildman–Crippen MR) is 71.6 cm³/mol. The quantitative estimate of drug-likeness (QED) is 0.677. The summed E-state index contributed by atoms with van der Waals surface area (Å²) in [5.41, 5.74) is 0.966. The summed E-state index contributed by atoms with van der Waals surface area (Å²) < 4.78 is 0. The molecule has 17 heavy (non-hydrogen) atoms. The number of nitrogens with one attached hydrogen (secondary N) is 1. The van der Waals surface area contributed by atoms with Gasteiger partial charge < -0.3 is 5.32 Å². The first-order chi connectivity index (χ1) is 8.22. The summed E-state index contributed by atoms with van der Waals surface area (Å²) in [6, 6.07) is 3.79. The second-order valence-electron chi connectivity index (χ2n) is 3.98. The Morgan fingerprint density at radius 3 is 2.65 bits per heavy atom. The van der Waals surface area contributed by atoms with Crippen molar-refractivity contribution in [2.45, 2.75) is 6.04 Å². The second kappa shape index (κ2) is 5.83. The maximum absolute atomic E-state index is 6.14. The van der Waals surface area contributed by atoms with Crippen LogP contribution in [0, 0.1) is 0 Å². The van der Waals surface area contributed by atoms with E-state index in [4.69, 9.17) is 23.2 Å². The van der Waals surface area contributed by atoms with Gasteiger partial charge in [-0.3, -0.25) is 4.90 Å². The van der Waals surface area contributed by atoms with E-state index in [-0.39, 0.29) is 6.04 Å². The lowest BCUT2D eigenvalue weighted by molar-refractivity contribution is 0.203. The van der Waals surface area contributed by atoms with Crippen molar-refractivity contribution in [3.8, 4) is 0 Å². The molecule has 92 valence electrons. The Morgan fingerprint density at radius 2 is 2.06 bits per heavy atom. The van der Waals surface area contributed by atoms with Gasteiger partial charge >= 0.3 is 0 Å². The Bertz CT molecular complexity index is 403. The minimum absolute atomic E-state index is 0.106. The molecule has 5 heteroatoms. The van der Waals surface area contributed by atoms with Gasteiger partial charge in [0.25, 0.3) is 0 Å². The third-order valence-electron chi connectivity index (χ3n) is 2.93. The zero-order chi connectivity index (χ0) is 12.3. The summed E-state index contributed by atoms with van der Waals surface area (Å²) in [6.07, 6.45) is 1.90. The SMILES string of the molecule is C=C[C@@H](c1ccc(Cl)nc1Cl)N1CCNCC1. The van der Waals surface area contributed by atoms with Gasteiger partial charge in [0, 0.05) is 31.7 Å². The van der Waals surface area contributed by atoms with Crippen molar-refractivity contribution >= 4 is 23.2 Å². The van der Waals surface area contributed by atoms with Crippen LogP contribution >= 0.6 is 23.2 Å². The molecule has 0 aliphatic carbocycles. The molecule has 0 radical (unpaired) electrons. The number of aromatic nitrogens is 1. The minimum atomic E-state index is 0.106. The molecule has 0 saturated carbocycles. The molecule has 1 fully saturated rings. The number of halogens is 2. The molecule has 0 amide bonds. The molecule has 0 unspecified atom stereocenters. The van der Waals surface area contributed by atoms with Crippen LogP contribution in [-0.4, -0.2) is 36.1 Å². The number of hydrogen-bond acceptors (Lipinski definition) is 3. The van der Waals surface area contributed by atoms with Crippen molar-refractivity contribution in [2.24, 2.45) is 0 Å². The van der Waals surface area contributed by atoms with Gasteiger partial charge in [-0.25, -0.2) is 4.98 Å². The first-order valence-electron chi connectivity index (χ1n) is 5.61. The van der Waals surface area contributed by atoms with E-state index < -0.39 is 0 Å². The van der Waals surface area contributed by atoms with E-state index in [0.717, 1.165) is 31.7 Å². The highest BCUT2D eigenvalue weighted by atomic mass is 35.5. The normalized spacial score (nSPS) is 18.9. The van der Waals surface area contributed by atoms with Gasteiger partial charge in [0.2, 0.25) is 0 Å². The number of piperazine rings is 1. The highest BCUT2D eigenvalue weighted by Gasteiger charge is 2.21. The predicted octanol–water partition coefficient (Wildman–Crippen LogP) is 2.52. The van der Waals surface area contributed by atoms with Crippen LogP contribution in [0.5, 0.6) is 0 Å². The van der Waals surface area contributed by atoms with Gasteiger partial charge in [0.05, 0.1) is 6.04 Å². The van der Waals surface area contributed by atoms with E-state index >= 15 is 0 Å². The molecule has 1 saturated heterocycles. The Hall–Kier alpha value is -0.610. The molecule has 1 atom stereocenters. The monoisotopic (exact) mass is 271 g/mol. The summed E-state index contributed by atoms with van der Waals surface area (Å²) in [6.45, 7) is 7.84. The molecule has 3 nitrogen and oxygen atoms in total. The third kappa shape index (κ3) is 2.99. The second-order valence-corrected chi connectivity index (χ2v) is 4.73. The van der Waals surface area contributed by atoms with Crippen LogP contribution in [0.4, 0.5) is 0 Å². The van der Waals surface area contributed by atoms with Crippen molar-refractivity contribution < 1.29 is 0 Å². The first kappa shape index (κ1) is 12.8. The van der Waals surface area contributed by atoms with E-state index in [0.29, 0.717) is 10.3 Å². The third-order valence-corrected chi connectivity index (χ3v) is 3.44. The molecule has 1 aliphatic heterocycles. The van der Waals surface area contributed by atoms with Crippen molar-refractivity contribution in [3.63, 3.8) is 0 Å². The fourth-order valence-electron chi connectivity index (χ4n) is 2.08. The Balaban J connectivity index is 2.24. The highest BCUT2D eigenvalue weighted by Crippen LogP contribution is 2.28. The topological polar surface area (TPSA) is 28.2 Å². The maximum Gasteiger partial charge on any atom is 0.135 e. The standard InChI is InChI=1S/C12H15Cl2N3/c1-2-10(17-7-5-15-6-8-17)9-3-4-11(13)16-12(9)14/h2-4,10,15H,1,5-8H2/t10-/m0/s1. The fraction of sp³-hybridized carbons (Fsp3) is 0.417. The van der Waals surface area contributed by atoms with Crippen molar-refractivity contribution in [3.05, 3.63) is 40.7 Å². The van der Waals surface area contributed by atoms with Crippen LogP contribution < -0.4 is 5.32 Å². The van der Waals surface area contributed by atoms with Crippen molar-refractivity contribution in [2.75, 3.05) is 26.2 Å². The fourth-order valence-corrected chi connectivity index (χ4v) is 2.53. The zero-order valence-electron chi connectivity index (χ0n) is 9.50. The van der Waals surface area contributed by atoms with Crippen LogP contribution in [0.2, 0.25) is 10.3 Å². The molecule has 1 aliphatic rings. The van der Waals surface area contributed by atoms with E-state index in [1.54, 1.807) is 6.07 Å². The maximum atomic E-state index is 6.14. The van der Waals surface area contributed by atoms with Gasteiger partial charge in [-0.2, -0.15) is 0 Å². The van der Waals surface area contributed by atoms with E-state index in [1.165, 1.54) is 0 Å². The minimum Gasteiger partial charge on any atom is -0.314 e. The van der Waals surface area contributed by atoms with E-state index in [9.17, 15) is 0 Å². The smallest absolute Gasteiger partial charge is 0.135 e. The van der Waals surface area contributed by atoms with Crippen LogP contribution in [0.1, 0.15) is 11.6 Å². The number of pyridine rings is 1. The molecule has 2 heterocycles.